The van der Waals surface area contributed by atoms with E-state index in [1.807, 2.05) is 18.2 Å². The second kappa shape index (κ2) is 5.33. The Morgan fingerprint density at radius 1 is 1.00 bits per heavy atom. The lowest BCUT2D eigenvalue weighted by Gasteiger charge is -2.27. The molecule has 1 aliphatic heterocycles. The van der Waals surface area contributed by atoms with Crippen molar-refractivity contribution in [2.24, 2.45) is 5.73 Å². The van der Waals surface area contributed by atoms with Crippen molar-refractivity contribution in [3.05, 3.63) is 70.2 Å². The van der Waals surface area contributed by atoms with Gasteiger partial charge in [-0.3, -0.25) is 4.90 Å². The summed E-state index contributed by atoms with van der Waals surface area (Å²) in [6, 6.07) is 16.7. The molecular formula is C16H17ClN2. The van der Waals surface area contributed by atoms with Crippen molar-refractivity contribution in [1.82, 2.24) is 4.90 Å². The first-order chi connectivity index (χ1) is 9.29. The van der Waals surface area contributed by atoms with Crippen molar-refractivity contribution < 1.29 is 0 Å². The Bertz CT molecular complexity index is 557. The highest BCUT2D eigenvalue weighted by Gasteiger charge is 2.26. The van der Waals surface area contributed by atoms with E-state index in [4.69, 9.17) is 17.3 Å². The highest BCUT2D eigenvalue weighted by Crippen LogP contribution is 2.33. The van der Waals surface area contributed by atoms with E-state index in [0.717, 1.165) is 23.7 Å². The zero-order chi connectivity index (χ0) is 13.2. The minimum Gasteiger partial charge on any atom is -0.329 e. The molecule has 98 valence electrons. The van der Waals surface area contributed by atoms with Crippen LogP contribution in [0.2, 0.25) is 5.02 Å². The van der Waals surface area contributed by atoms with Gasteiger partial charge in [0, 0.05) is 30.7 Å². The maximum atomic E-state index is 6.31. The topological polar surface area (TPSA) is 29.3 Å². The highest BCUT2D eigenvalue weighted by atomic mass is 35.5. The average molecular weight is 273 g/mol. The standard InChI is InChI=1S/C16H17ClN2/c17-15-8-4-3-7-14(15)16(9-18)19-10-12-5-1-2-6-13(12)11-19/h1-8,16H,9-11,18H2. The summed E-state index contributed by atoms with van der Waals surface area (Å²) in [5.41, 5.74) is 9.91. The molecule has 0 saturated heterocycles. The Balaban J connectivity index is 1.88. The molecule has 0 amide bonds. The van der Waals surface area contributed by atoms with Gasteiger partial charge >= 0.3 is 0 Å². The van der Waals surface area contributed by atoms with Gasteiger partial charge in [-0.2, -0.15) is 0 Å². The lowest BCUT2D eigenvalue weighted by atomic mass is 10.1. The first kappa shape index (κ1) is 12.7. The van der Waals surface area contributed by atoms with Crippen molar-refractivity contribution in [2.75, 3.05) is 6.54 Å². The van der Waals surface area contributed by atoms with E-state index < -0.39 is 0 Å². The molecule has 0 aliphatic carbocycles. The number of nitrogens with two attached hydrogens (primary N) is 1. The van der Waals surface area contributed by atoms with Crippen LogP contribution in [0.15, 0.2) is 48.5 Å². The zero-order valence-electron chi connectivity index (χ0n) is 10.7. The SMILES string of the molecule is NCC(c1ccccc1Cl)N1Cc2ccccc2C1. The Labute approximate surface area is 118 Å². The van der Waals surface area contributed by atoms with E-state index in [0.29, 0.717) is 6.54 Å². The molecular weight excluding hydrogens is 256 g/mol. The largest absolute Gasteiger partial charge is 0.329 e. The van der Waals surface area contributed by atoms with Gasteiger partial charge in [-0.15, -0.1) is 0 Å². The van der Waals surface area contributed by atoms with Gasteiger partial charge in [0.05, 0.1) is 0 Å². The Morgan fingerprint density at radius 3 is 2.16 bits per heavy atom. The molecule has 1 heterocycles. The first-order valence-corrected chi connectivity index (χ1v) is 6.92. The van der Waals surface area contributed by atoms with Crippen LogP contribution in [0.25, 0.3) is 0 Å². The van der Waals surface area contributed by atoms with Gasteiger partial charge in [-0.05, 0) is 22.8 Å². The summed E-state index contributed by atoms with van der Waals surface area (Å²) < 4.78 is 0. The van der Waals surface area contributed by atoms with Crippen LogP contribution in [0.5, 0.6) is 0 Å². The third kappa shape index (κ3) is 2.39. The van der Waals surface area contributed by atoms with Gasteiger partial charge in [0.25, 0.3) is 0 Å². The molecule has 1 atom stereocenters. The molecule has 2 N–H and O–H groups in total. The molecule has 2 aromatic carbocycles. The van der Waals surface area contributed by atoms with E-state index in [1.54, 1.807) is 0 Å². The number of hydrogen-bond acceptors (Lipinski definition) is 2. The Hall–Kier alpha value is -1.35. The molecule has 0 spiro atoms. The van der Waals surface area contributed by atoms with Crippen LogP contribution in [0.1, 0.15) is 22.7 Å². The molecule has 2 nitrogen and oxygen atoms in total. The summed E-state index contributed by atoms with van der Waals surface area (Å²) in [6.07, 6.45) is 0. The summed E-state index contributed by atoms with van der Waals surface area (Å²) in [5.74, 6) is 0. The predicted octanol–water partition coefficient (Wildman–Crippen LogP) is 3.36. The third-order valence-corrected chi connectivity index (χ3v) is 4.14. The maximum Gasteiger partial charge on any atom is 0.0492 e. The van der Waals surface area contributed by atoms with Gasteiger partial charge in [-0.1, -0.05) is 54.1 Å². The third-order valence-electron chi connectivity index (χ3n) is 3.79. The fraction of sp³-hybridized carbons (Fsp3) is 0.250. The van der Waals surface area contributed by atoms with Gasteiger partial charge in [0.2, 0.25) is 0 Å². The summed E-state index contributed by atoms with van der Waals surface area (Å²) in [7, 11) is 0. The van der Waals surface area contributed by atoms with Crippen LogP contribution < -0.4 is 5.73 Å². The summed E-state index contributed by atoms with van der Waals surface area (Å²) in [6.45, 7) is 2.48. The number of rotatable bonds is 3. The van der Waals surface area contributed by atoms with Gasteiger partial charge in [0.15, 0.2) is 0 Å². The number of fused-ring (bicyclic) bond motifs is 1. The maximum absolute atomic E-state index is 6.31. The van der Waals surface area contributed by atoms with Crippen LogP contribution in [0, 0.1) is 0 Å². The molecule has 0 radical (unpaired) electrons. The molecule has 0 aromatic heterocycles. The number of halogens is 1. The minimum atomic E-state index is 0.182. The fourth-order valence-corrected chi connectivity index (χ4v) is 3.06. The lowest BCUT2D eigenvalue weighted by Crippen LogP contribution is -2.29. The number of nitrogens with zero attached hydrogens (tertiary/aromatic N) is 1. The van der Waals surface area contributed by atoms with Crippen LogP contribution in [-0.4, -0.2) is 11.4 Å². The van der Waals surface area contributed by atoms with E-state index >= 15 is 0 Å². The van der Waals surface area contributed by atoms with Crippen molar-refractivity contribution in [3.63, 3.8) is 0 Å². The number of hydrogen-bond donors (Lipinski definition) is 1. The van der Waals surface area contributed by atoms with Gasteiger partial charge in [0.1, 0.15) is 0 Å². The lowest BCUT2D eigenvalue weighted by molar-refractivity contribution is 0.205. The summed E-state index contributed by atoms with van der Waals surface area (Å²) >= 11 is 6.31. The molecule has 0 saturated carbocycles. The van der Waals surface area contributed by atoms with Crippen LogP contribution in [0.4, 0.5) is 0 Å². The fourth-order valence-electron chi connectivity index (χ4n) is 2.80. The second-order valence-electron chi connectivity index (χ2n) is 4.95. The molecule has 1 unspecified atom stereocenters. The molecule has 0 bridgehead atoms. The Morgan fingerprint density at radius 2 is 1.58 bits per heavy atom. The predicted molar refractivity (Wildman–Crippen MR) is 78.9 cm³/mol. The highest BCUT2D eigenvalue weighted by molar-refractivity contribution is 6.31. The monoisotopic (exact) mass is 272 g/mol. The molecule has 3 heteroatoms. The summed E-state index contributed by atoms with van der Waals surface area (Å²) in [4.78, 5) is 2.39. The van der Waals surface area contributed by atoms with E-state index in [9.17, 15) is 0 Å². The van der Waals surface area contributed by atoms with Crippen molar-refractivity contribution in [3.8, 4) is 0 Å². The summed E-state index contributed by atoms with van der Waals surface area (Å²) in [5, 5.41) is 0.800. The molecule has 1 aliphatic rings. The molecule has 19 heavy (non-hydrogen) atoms. The quantitative estimate of drug-likeness (QED) is 0.928. The number of benzene rings is 2. The smallest absolute Gasteiger partial charge is 0.0492 e. The van der Waals surface area contributed by atoms with E-state index in [-0.39, 0.29) is 6.04 Å². The van der Waals surface area contributed by atoms with Crippen molar-refractivity contribution >= 4 is 11.6 Å². The zero-order valence-corrected chi connectivity index (χ0v) is 11.5. The normalized spacial score (nSPS) is 16.3. The van der Waals surface area contributed by atoms with E-state index in [1.165, 1.54) is 11.1 Å². The first-order valence-electron chi connectivity index (χ1n) is 6.55. The van der Waals surface area contributed by atoms with Crippen LogP contribution in [-0.2, 0) is 13.1 Å². The Kier molecular flexibility index (Phi) is 3.56. The van der Waals surface area contributed by atoms with Crippen LogP contribution >= 0.6 is 11.6 Å². The van der Waals surface area contributed by atoms with Crippen molar-refractivity contribution in [2.45, 2.75) is 19.1 Å². The van der Waals surface area contributed by atoms with Crippen molar-refractivity contribution in [1.29, 1.82) is 0 Å². The van der Waals surface area contributed by atoms with Crippen LogP contribution in [0.3, 0.4) is 0 Å². The average Bonchev–Trinajstić information content (AvgIpc) is 2.85. The second-order valence-corrected chi connectivity index (χ2v) is 5.35. The molecule has 0 fully saturated rings. The molecule has 3 rings (SSSR count). The van der Waals surface area contributed by atoms with E-state index in [2.05, 4.69) is 35.2 Å². The van der Waals surface area contributed by atoms with Gasteiger partial charge in [-0.25, -0.2) is 0 Å². The molecule has 2 aromatic rings. The minimum absolute atomic E-state index is 0.182. The van der Waals surface area contributed by atoms with Gasteiger partial charge < -0.3 is 5.73 Å².